The molecule has 3 aromatic heterocycles. The quantitative estimate of drug-likeness (QED) is 0.185. The predicted octanol–water partition coefficient (Wildman–Crippen LogP) is 5.55. The first-order chi connectivity index (χ1) is 20.0. The van der Waals surface area contributed by atoms with Crippen LogP contribution in [-0.4, -0.2) is 63.4 Å². The van der Waals surface area contributed by atoms with Gasteiger partial charge in [-0.3, -0.25) is 14.3 Å². The van der Waals surface area contributed by atoms with Gasteiger partial charge in [0.15, 0.2) is 22.5 Å². The van der Waals surface area contributed by atoms with Gasteiger partial charge in [0.05, 0.1) is 25.7 Å². The van der Waals surface area contributed by atoms with Crippen molar-refractivity contribution in [2.45, 2.75) is 17.3 Å². The van der Waals surface area contributed by atoms with E-state index in [4.69, 9.17) is 9.47 Å². The van der Waals surface area contributed by atoms with Gasteiger partial charge >= 0.3 is 0 Å². The lowest BCUT2D eigenvalue weighted by molar-refractivity contribution is 0.0791. The van der Waals surface area contributed by atoms with E-state index in [1.54, 1.807) is 78.8 Å². The Balaban J connectivity index is 1.27. The predicted molar refractivity (Wildman–Crippen MR) is 156 cm³/mol. The van der Waals surface area contributed by atoms with Crippen LogP contribution in [0.5, 0.6) is 11.5 Å². The van der Waals surface area contributed by atoms with Crippen LogP contribution in [0.4, 0.5) is 4.39 Å². The zero-order valence-corrected chi connectivity index (χ0v) is 24.3. The number of methoxy groups -OCH3 is 2. The second-order valence-corrected chi connectivity index (χ2v) is 10.8. The van der Waals surface area contributed by atoms with Crippen LogP contribution >= 0.6 is 23.1 Å². The SMILES string of the molecule is COc1ccc(CCN(C)C(=O)c2csc(CSc3nnc(-c4ccncc4)n3-c3ccccc3F)n2)cc1OC. The summed E-state index contributed by atoms with van der Waals surface area (Å²) in [5, 5.41) is 11.7. The standard InChI is InChI=1S/C29H27FN6O3S2/c1-35(15-12-19-8-9-24(38-2)25(16-19)39-3)28(37)22-17-40-26(32-22)18-41-29-34-33-27(20-10-13-31-14-11-20)36(29)23-7-5-4-6-21(23)30/h4-11,13-14,16-17H,12,15,18H2,1-3H3. The fourth-order valence-electron chi connectivity index (χ4n) is 4.13. The Labute approximate surface area is 245 Å². The Bertz CT molecular complexity index is 1640. The highest BCUT2D eigenvalue weighted by Gasteiger charge is 2.20. The maximum atomic E-state index is 14.8. The van der Waals surface area contributed by atoms with Gasteiger partial charge in [0.1, 0.15) is 16.5 Å². The minimum absolute atomic E-state index is 0.160. The van der Waals surface area contributed by atoms with Crippen LogP contribution in [-0.2, 0) is 12.2 Å². The van der Waals surface area contributed by atoms with Crippen LogP contribution in [0.2, 0.25) is 0 Å². The Morgan fingerprint density at radius 3 is 2.59 bits per heavy atom. The first-order valence-corrected chi connectivity index (χ1v) is 14.5. The summed E-state index contributed by atoms with van der Waals surface area (Å²) in [6.07, 6.45) is 3.96. The summed E-state index contributed by atoms with van der Waals surface area (Å²) in [6, 6.07) is 15.8. The monoisotopic (exact) mass is 590 g/mol. The summed E-state index contributed by atoms with van der Waals surface area (Å²) in [4.78, 5) is 23.3. The maximum absolute atomic E-state index is 14.8. The Kier molecular flexibility index (Phi) is 8.90. The number of ether oxygens (including phenoxy) is 2. The normalized spacial score (nSPS) is 10.9. The third-order valence-electron chi connectivity index (χ3n) is 6.29. The molecule has 5 aromatic rings. The number of thiazole rings is 1. The molecule has 0 aliphatic carbocycles. The third-order valence-corrected chi connectivity index (χ3v) is 8.26. The van der Waals surface area contributed by atoms with Crippen molar-refractivity contribution in [3.05, 3.63) is 94.5 Å². The lowest BCUT2D eigenvalue weighted by Gasteiger charge is -2.16. The first kappa shape index (κ1) is 28.2. The second-order valence-electron chi connectivity index (χ2n) is 8.91. The van der Waals surface area contributed by atoms with Crippen LogP contribution in [0.15, 0.2) is 77.5 Å². The van der Waals surface area contributed by atoms with Gasteiger partial charge in [0.2, 0.25) is 0 Å². The first-order valence-electron chi connectivity index (χ1n) is 12.6. The van der Waals surface area contributed by atoms with Crippen molar-refractivity contribution in [3.63, 3.8) is 0 Å². The molecule has 0 atom stereocenters. The van der Waals surface area contributed by atoms with Gasteiger partial charge in [-0.1, -0.05) is 30.0 Å². The molecule has 0 spiro atoms. The number of nitrogens with zero attached hydrogens (tertiary/aromatic N) is 6. The van der Waals surface area contributed by atoms with Crippen LogP contribution < -0.4 is 9.47 Å². The summed E-state index contributed by atoms with van der Waals surface area (Å²) in [7, 11) is 4.95. The topological polar surface area (TPSA) is 95.3 Å². The van der Waals surface area contributed by atoms with E-state index in [0.717, 1.165) is 16.1 Å². The molecule has 41 heavy (non-hydrogen) atoms. The molecule has 0 unspecified atom stereocenters. The summed E-state index contributed by atoms with van der Waals surface area (Å²) < 4.78 is 27.2. The number of amides is 1. The smallest absolute Gasteiger partial charge is 0.273 e. The summed E-state index contributed by atoms with van der Waals surface area (Å²) >= 11 is 2.77. The van der Waals surface area contributed by atoms with Crippen LogP contribution in [0.3, 0.4) is 0 Å². The Hall–Kier alpha value is -4.29. The molecule has 210 valence electrons. The minimum Gasteiger partial charge on any atom is -0.493 e. The molecule has 0 radical (unpaired) electrons. The lowest BCUT2D eigenvalue weighted by atomic mass is 10.1. The van der Waals surface area contributed by atoms with Crippen LogP contribution in [0, 0.1) is 5.82 Å². The fourth-order valence-corrected chi connectivity index (χ4v) is 5.86. The molecule has 0 fully saturated rings. The number of rotatable bonds is 11. The van der Waals surface area contributed by atoms with E-state index >= 15 is 0 Å². The molecule has 2 aromatic carbocycles. The summed E-state index contributed by atoms with van der Waals surface area (Å²) in [6.45, 7) is 0.513. The molecule has 0 aliphatic rings. The van der Waals surface area contributed by atoms with Gasteiger partial charge in [-0.25, -0.2) is 9.37 Å². The van der Waals surface area contributed by atoms with E-state index in [2.05, 4.69) is 20.2 Å². The number of aromatic nitrogens is 5. The number of para-hydroxylation sites is 1. The number of carbonyl (C=O) groups is 1. The maximum Gasteiger partial charge on any atom is 0.273 e. The molecule has 0 N–H and O–H groups in total. The van der Waals surface area contributed by atoms with Gasteiger partial charge in [-0.2, -0.15) is 0 Å². The Morgan fingerprint density at radius 2 is 1.83 bits per heavy atom. The van der Waals surface area contributed by atoms with E-state index in [1.807, 2.05) is 18.2 Å². The molecular formula is C29H27FN6O3S2. The van der Waals surface area contributed by atoms with Crippen molar-refractivity contribution in [2.75, 3.05) is 27.8 Å². The number of thioether (sulfide) groups is 1. The third kappa shape index (κ3) is 6.39. The molecule has 9 nitrogen and oxygen atoms in total. The average Bonchev–Trinajstić information content (AvgIpc) is 3.66. The molecule has 5 rings (SSSR count). The number of likely N-dealkylation sites (N-methyl/N-ethyl adjacent to an activating group) is 1. The highest BCUT2D eigenvalue weighted by Crippen LogP contribution is 2.31. The van der Waals surface area contributed by atoms with E-state index < -0.39 is 0 Å². The van der Waals surface area contributed by atoms with E-state index in [1.165, 1.54) is 29.2 Å². The molecule has 0 bridgehead atoms. The molecule has 0 aliphatic heterocycles. The van der Waals surface area contributed by atoms with Gasteiger partial charge < -0.3 is 14.4 Å². The van der Waals surface area contributed by atoms with Gasteiger partial charge in [-0.05, 0) is 48.4 Å². The van der Waals surface area contributed by atoms with Gasteiger partial charge in [0.25, 0.3) is 5.91 Å². The van der Waals surface area contributed by atoms with Crippen molar-refractivity contribution in [1.29, 1.82) is 0 Å². The van der Waals surface area contributed by atoms with E-state index in [-0.39, 0.29) is 11.7 Å². The van der Waals surface area contributed by atoms with E-state index in [0.29, 0.717) is 52.6 Å². The average molecular weight is 591 g/mol. The number of hydrogen-bond acceptors (Lipinski definition) is 9. The van der Waals surface area contributed by atoms with Crippen molar-refractivity contribution in [1.82, 2.24) is 29.6 Å². The van der Waals surface area contributed by atoms with Gasteiger partial charge in [0, 0.05) is 36.9 Å². The van der Waals surface area contributed by atoms with E-state index in [9.17, 15) is 9.18 Å². The minimum atomic E-state index is -0.386. The second kappa shape index (κ2) is 12.9. The fraction of sp³-hybridized carbons (Fsp3) is 0.207. The number of pyridine rings is 1. The zero-order chi connectivity index (χ0) is 28.8. The highest BCUT2D eigenvalue weighted by atomic mass is 32.2. The highest BCUT2D eigenvalue weighted by molar-refractivity contribution is 7.98. The van der Waals surface area contributed by atoms with Crippen molar-refractivity contribution < 1.29 is 18.7 Å². The molecule has 12 heteroatoms. The number of benzene rings is 2. The molecule has 3 heterocycles. The lowest BCUT2D eigenvalue weighted by Crippen LogP contribution is -2.29. The molecule has 1 amide bonds. The number of carbonyl (C=O) groups excluding carboxylic acids is 1. The Morgan fingerprint density at radius 1 is 1.05 bits per heavy atom. The largest absolute Gasteiger partial charge is 0.493 e. The molecule has 0 saturated carbocycles. The van der Waals surface area contributed by atoms with Crippen LogP contribution in [0.1, 0.15) is 21.1 Å². The van der Waals surface area contributed by atoms with Crippen molar-refractivity contribution in [3.8, 4) is 28.6 Å². The van der Waals surface area contributed by atoms with Crippen molar-refractivity contribution >= 4 is 29.0 Å². The van der Waals surface area contributed by atoms with Crippen molar-refractivity contribution in [2.24, 2.45) is 0 Å². The molecule has 0 saturated heterocycles. The van der Waals surface area contributed by atoms with Gasteiger partial charge in [-0.15, -0.1) is 21.5 Å². The summed E-state index contributed by atoms with van der Waals surface area (Å²) in [5.41, 5.74) is 2.52. The zero-order valence-electron chi connectivity index (χ0n) is 22.7. The van der Waals surface area contributed by atoms with Crippen LogP contribution in [0.25, 0.3) is 17.1 Å². The molecular weight excluding hydrogens is 563 g/mol. The summed E-state index contributed by atoms with van der Waals surface area (Å²) in [5.74, 6) is 1.71. The number of hydrogen-bond donors (Lipinski definition) is 0. The number of halogens is 1.